The van der Waals surface area contributed by atoms with Crippen LogP contribution in [-0.2, 0) is 11.3 Å². The number of hydrogen-bond acceptors (Lipinski definition) is 7. The number of benzene rings is 2. The first kappa shape index (κ1) is 20.2. The van der Waals surface area contributed by atoms with E-state index < -0.39 is 5.56 Å². The summed E-state index contributed by atoms with van der Waals surface area (Å²) in [6.07, 6.45) is 1.50. The van der Waals surface area contributed by atoms with Crippen LogP contribution < -0.4 is 10.3 Å². The largest absolute Gasteiger partial charge is 0.488 e. The molecule has 1 aromatic heterocycles. The number of carbonyl (C=O) groups excluding carboxylic acids is 1. The Morgan fingerprint density at radius 3 is 2.69 bits per heavy atom. The Bertz CT molecular complexity index is 1170. The molecule has 3 rings (SSSR count). The van der Waals surface area contributed by atoms with Gasteiger partial charge < -0.3 is 9.47 Å². The summed E-state index contributed by atoms with van der Waals surface area (Å²) in [5, 5.41) is 10.5. The third-order valence-corrected chi connectivity index (χ3v) is 4.28. The number of rotatable bonds is 6. The summed E-state index contributed by atoms with van der Waals surface area (Å²) < 4.78 is 11.7. The molecule has 0 saturated carbocycles. The maximum absolute atomic E-state index is 12.1. The highest BCUT2D eigenvalue weighted by atomic mass is 32.1. The molecule has 0 radical (unpaired) electrons. The fraction of sp³-hybridized carbons (Fsp3) is 0.150. The standard InChI is InChI=1S/C20H18N4O4S/c1-13-18(25)24(20(29)23-22-13)21-11-16-5-3-4-6-17(16)28-12-14-7-9-15(10-8-14)19(26)27-2/h3-11H,12H2,1-2H3,(H,23,29)/b21-11+. The van der Waals surface area contributed by atoms with Crippen LogP contribution in [0.2, 0.25) is 0 Å². The summed E-state index contributed by atoms with van der Waals surface area (Å²) in [5.41, 5.74) is 1.89. The molecule has 0 spiro atoms. The van der Waals surface area contributed by atoms with Gasteiger partial charge in [-0.25, -0.2) is 4.79 Å². The van der Waals surface area contributed by atoms with Crippen molar-refractivity contribution in [3.8, 4) is 5.75 Å². The molecule has 9 heteroatoms. The van der Waals surface area contributed by atoms with Crippen molar-refractivity contribution in [1.29, 1.82) is 0 Å². The van der Waals surface area contributed by atoms with E-state index in [9.17, 15) is 9.59 Å². The third-order valence-electron chi connectivity index (χ3n) is 4.01. The molecule has 148 valence electrons. The minimum absolute atomic E-state index is 0.0981. The van der Waals surface area contributed by atoms with Gasteiger partial charge in [0.15, 0.2) is 0 Å². The number of hydrogen-bond donors (Lipinski definition) is 1. The Morgan fingerprint density at radius 1 is 1.24 bits per heavy atom. The summed E-state index contributed by atoms with van der Waals surface area (Å²) in [5.74, 6) is 0.195. The number of ether oxygens (including phenoxy) is 2. The van der Waals surface area contributed by atoms with Crippen LogP contribution in [0.5, 0.6) is 5.75 Å². The van der Waals surface area contributed by atoms with Crippen molar-refractivity contribution in [3.63, 3.8) is 0 Å². The number of esters is 1. The number of aryl methyl sites for hydroxylation is 1. The van der Waals surface area contributed by atoms with Crippen LogP contribution in [-0.4, -0.2) is 34.2 Å². The first-order valence-electron chi connectivity index (χ1n) is 8.61. The van der Waals surface area contributed by atoms with Crippen molar-refractivity contribution >= 4 is 24.4 Å². The van der Waals surface area contributed by atoms with E-state index in [0.717, 1.165) is 10.2 Å². The second kappa shape index (κ2) is 9.07. The predicted molar refractivity (Wildman–Crippen MR) is 110 cm³/mol. The number of nitrogens with zero attached hydrogens (tertiary/aromatic N) is 3. The third kappa shape index (κ3) is 4.82. The van der Waals surface area contributed by atoms with Gasteiger partial charge in [-0.1, -0.05) is 24.3 Å². The van der Waals surface area contributed by atoms with Crippen LogP contribution in [0.25, 0.3) is 0 Å². The fourth-order valence-electron chi connectivity index (χ4n) is 2.43. The highest BCUT2D eigenvalue weighted by molar-refractivity contribution is 7.71. The van der Waals surface area contributed by atoms with E-state index in [2.05, 4.69) is 20.0 Å². The van der Waals surface area contributed by atoms with Crippen molar-refractivity contribution in [2.75, 3.05) is 7.11 Å². The van der Waals surface area contributed by atoms with E-state index in [4.69, 9.17) is 17.0 Å². The van der Waals surface area contributed by atoms with Gasteiger partial charge in [0.1, 0.15) is 18.1 Å². The highest BCUT2D eigenvalue weighted by Crippen LogP contribution is 2.18. The second-order valence-electron chi connectivity index (χ2n) is 5.99. The van der Waals surface area contributed by atoms with Gasteiger partial charge in [-0.05, 0) is 49.0 Å². The first-order chi connectivity index (χ1) is 14.0. The van der Waals surface area contributed by atoms with Crippen LogP contribution >= 0.6 is 12.2 Å². The van der Waals surface area contributed by atoms with Gasteiger partial charge in [-0.2, -0.15) is 14.9 Å². The van der Waals surface area contributed by atoms with E-state index in [1.165, 1.54) is 13.3 Å². The Balaban J connectivity index is 1.78. The lowest BCUT2D eigenvalue weighted by Crippen LogP contribution is -2.22. The van der Waals surface area contributed by atoms with Crippen molar-refractivity contribution in [2.24, 2.45) is 5.10 Å². The lowest BCUT2D eigenvalue weighted by Gasteiger charge is -2.09. The molecule has 1 heterocycles. The Kier molecular flexibility index (Phi) is 6.30. The molecule has 8 nitrogen and oxygen atoms in total. The molecular weight excluding hydrogens is 392 g/mol. The number of H-pyrrole nitrogens is 1. The van der Waals surface area contributed by atoms with Crippen molar-refractivity contribution in [3.05, 3.63) is 86.0 Å². The summed E-state index contributed by atoms with van der Waals surface area (Å²) in [6.45, 7) is 1.86. The Morgan fingerprint density at radius 2 is 1.97 bits per heavy atom. The zero-order valence-electron chi connectivity index (χ0n) is 15.8. The van der Waals surface area contributed by atoms with Crippen molar-refractivity contribution in [1.82, 2.24) is 14.9 Å². The summed E-state index contributed by atoms with van der Waals surface area (Å²) in [6, 6.07) is 14.2. The Labute approximate surface area is 171 Å². The summed E-state index contributed by atoms with van der Waals surface area (Å²) in [4.78, 5) is 23.6. The van der Waals surface area contributed by atoms with E-state index in [1.807, 2.05) is 18.2 Å². The van der Waals surface area contributed by atoms with Crippen molar-refractivity contribution < 1.29 is 14.3 Å². The zero-order valence-corrected chi connectivity index (χ0v) is 16.6. The zero-order chi connectivity index (χ0) is 20.8. The predicted octanol–water partition coefficient (Wildman–Crippen LogP) is 2.86. The molecule has 0 unspecified atom stereocenters. The second-order valence-corrected chi connectivity index (χ2v) is 6.38. The normalized spacial score (nSPS) is 10.8. The number of aromatic amines is 1. The van der Waals surface area contributed by atoms with Gasteiger partial charge in [0.25, 0.3) is 5.56 Å². The van der Waals surface area contributed by atoms with Gasteiger partial charge >= 0.3 is 5.97 Å². The van der Waals surface area contributed by atoms with Gasteiger partial charge in [0.05, 0.1) is 18.9 Å². The number of carbonyl (C=O) groups is 1. The molecular formula is C20H18N4O4S. The quantitative estimate of drug-likeness (QED) is 0.381. The van der Waals surface area contributed by atoms with Gasteiger partial charge in [-0.3, -0.25) is 9.89 Å². The average Bonchev–Trinajstić information content (AvgIpc) is 2.75. The molecule has 2 aromatic carbocycles. The Hall–Kier alpha value is -3.59. The number of nitrogens with one attached hydrogen (secondary N) is 1. The number of aromatic nitrogens is 3. The molecule has 3 aromatic rings. The van der Waals surface area contributed by atoms with E-state index in [1.54, 1.807) is 37.3 Å². The molecule has 29 heavy (non-hydrogen) atoms. The minimum atomic E-state index is -0.394. The fourth-order valence-corrected chi connectivity index (χ4v) is 2.61. The molecule has 0 aliphatic heterocycles. The van der Waals surface area contributed by atoms with Crippen molar-refractivity contribution in [2.45, 2.75) is 13.5 Å². The van der Waals surface area contributed by atoms with Crippen LogP contribution in [0, 0.1) is 11.7 Å². The van der Waals surface area contributed by atoms with Gasteiger partial charge in [0, 0.05) is 5.56 Å². The van der Waals surface area contributed by atoms with E-state index >= 15 is 0 Å². The number of methoxy groups -OCH3 is 1. The monoisotopic (exact) mass is 410 g/mol. The maximum atomic E-state index is 12.1. The van der Waals surface area contributed by atoms with E-state index in [-0.39, 0.29) is 16.4 Å². The van der Waals surface area contributed by atoms with Crippen LogP contribution in [0.4, 0.5) is 0 Å². The summed E-state index contributed by atoms with van der Waals surface area (Å²) in [7, 11) is 1.34. The lowest BCUT2D eigenvalue weighted by molar-refractivity contribution is 0.0600. The lowest BCUT2D eigenvalue weighted by atomic mass is 10.1. The molecule has 0 aliphatic rings. The highest BCUT2D eigenvalue weighted by Gasteiger charge is 2.06. The molecule has 0 fully saturated rings. The smallest absolute Gasteiger partial charge is 0.337 e. The molecule has 0 amide bonds. The molecule has 1 N–H and O–H groups in total. The molecule has 0 aliphatic carbocycles. The maximum Gasteiger partial charge on any atom is 0.337 e. The van der Waals surface area contributed by atoms with Crippen LogP contribution in [0.3, 0.4) is 0 Å². The van der Waals surface area contributed by atoms with E-state index in [0.29, 0.717) is 23.5 Å². The molecule has 0 saturated heterocycles. The van der Waals surface area contributed by atoms with Gasteiger partial charge in [0.2, 0.25) is 4.77 Å². The summed E-state index contributed by atoms with van der Waals surface area (Å²) >= 11 is 5.07. The van der Waals surface area contributed by atoms with Crippen LogP contribution in [0.15, 0.2) is 58.4 Å². The van der Waals surface area contributed by atoms with Crippen LogP contribution in [0.1, 0.15) is 27.2 Å². The number of para-hydroxylation sites is 1. The topological polar surface area (TPSA) is 98.6 Å². The minimum Gasteiger partial charge on any atom is -0.488 e. The molecule has 0 atom stereocenters. The molecule has 0 bridgehead atoms. The average molecular weight is 410 g/mol. The first-order valence-corrected chi connectivity index (χ1v) is 9.02. The SMILES string of the molecule is COC(=O)c1ccc(COc2ccccc2/C=N/n2c(=S)[nH]nc(C)c2=O)cc1. The van der Waals surface area contributed by atoms with Gasteiger partial charge in [-0.15, -0.1) is 0 Å².